The summed E-state index contributed by atoms with van der Waals surface area (Å²) < 4.78 is 23.6. The molecule has 114 valence electrons. The van der Waals surface area contributed by atoms with Crippen molar-refractivity contribution in [1.82, 2.24) is 4.98 Å². The van der Waals surface area contributed by atoms with Gasteiger partial charge in [0, 0.05) is 22.8 Å². The van der Waals surface area contributed by atoms with Gasteiger partial charge in [0.2, 0.25) is 10.0 Å². The van der Waals surface area contributed by atoms with E-state index in [0.717, 1.165) is 29.7 Å². The number of hydrogen-bond donors (Lipinski definition) is 2. The number of aromatic nitrogens is 1. The van der Waals surface area contributed by atoms with Crippen LogP contribution in [0.5, 0.6) is 0 Å². The van der Waals surface area contributed by atoms with Crippen molar-refractivity contribution in [2.45, 2.75) is 11.3 Å². The van der Waals surface area contributed by atoms with Crippen LogP contribution in [0.15, 0.2) is 52.9 Å². The number of nitrogens with one attached hydrogen (secondary N) is 1. The number of benzene rings is 1. The molecular weight excluding hydrogens is 318 g/mol. The lowest BCUT2D eigenvalue weighted by atomic mass is 10.1. The van der Waals surface area contributed by atoms with Crippen LogP contribution in [0, 0.1) is 0 Å². The maximum absolute atomic E-state index is 11.2. The topological polar surface area (TPSA) is 85.1 Å². The van der Waals surface area contributed by atoms with Gasteiger partial charge in [-0.3, -0.25) is 0 Å². The van der Waals surface area contributed by atoms with E-state index in [1.54, 1.807) is 29.7 Å². The Morgan fingerprint density at radius 1 is 1.14 bits per heavy atom. The van der Waals surface area contributed by atoms with Crippen molar-refractivity contribution in [2.24, 2.45) is 5.14 Å². The van der Waals surface area contributed by atoms with E-state index in [9.17, 15) is 8.42 Å². The zero-order valence-electron chi connectivity index (χ0n) is 11.7. The number of thiophene rings is 1. The molecule has 0 aliphatic rings. The van der Waals surface area contributed by atoms with Crippen molar-refractivity contribution in [3.8, 4) is 0 Å². The largest absolute Gasteiger partial charge is 0.369 e. The number of sulfonamides is 1. The Bertz CT molecular complexity index is 887. The first-order valence-corrected chi connectivity index (χ1v) is 9.14. The fraction of sp³-hybridized carbons (Fsp3) is 0.133. The van der Waals surface area contributed by atoms with Crippen LogP contribution in [-0.4, -0.2) is 19.9 Å². The molecule has 3 N–H and O–H groups in total. The molecule has 5 nitrogen and oxygen atoms in total. The Kier molecular flexibility index (Phi) is 4.10. The quantitative estimate of drug-likeness (QED) is 0.751. The van der Waals surface area contributed by atoms with Gasteiger partial charge in [0.25, 0.3) is 0 Å². The minimum Gasteiger partial charge on any atom is -0.369 e. The summed E-state index contributed by atoms with van der Waals surface area (Å²) in [5.41, 5.74) is 1.04. The lowest BCUT2D eigenvalue weighted by molar-refractivity contribution is 0.598. The summed E-state index contributed by atoms with van der Waals surface area (Å²) in [6.45, 7) is 0.719. The van der Waals surface area contributed by atoms with Gasteiger partial charge < -0.3 is 5.32 Å². The molecule has 0 bridgehead atoms. The van der Waals surface area contributed by atoms with Gasteiger partial charge in [0.15, 0.2) is 0 Å². The molecule has 7 heteroatoms. The number of anilines is 1. The third-order valence-corrected chi connectivity index (χ3v) is 5.15. The molecule has 1 aromatic carbocycles. The number of nitrogens with zero attached hydrogens (tertiary/aromatic N) is 1. The van der Waals surface area contributed by atoms with Crippen LogP contribution in [0.1, 0.15) is 5.56 Å². The molecule has 0 fully saturated rings. The molecule has 0 aliphatic heterocycles. The monoisotopic (exact) mass is 333 g/mol. The first-order valence-electron chi connectivity index (χ1n) is 6.72. The first kappa shape index (κ1) is 15.0. The van der Waals surface area contributed by atoms with Gasteiger partial charge in [0.1, 0.15) is 5.82 Å². The number of pyridine rings is 1. The summed E-state index contributed by atoms with van der Waals surface area (Å²) >= 11 is 1.69. The Morgan fingerprint density at radius 2 is 1.91 bits per heavy atom. The fourth-order valence-corrected chi connectivity index (χ4v) is 3.50. The lowest BCUT2D eigenvalue weighted by Crippen LogP contribution is -2.12. The van der Waals surface area contributed by atoms with E-state index in [4.69, 9.17) is 5.14 Å². The van der Waals surface area contributed by atoms with E-state index >= 15 is 0 Å². The molecule has 0 saturated carbocycles. The van der Waals surface area contributed by atoms with E-state index < -0.39 is 10.0 Å². The van der Waals surface area contributed by atoms with E-state index in [-0.39, 0.29) is 4.90 Å². The second kappa shape index (κ2) is 6.04. The van der Waals surface area contributed by atoms with Crippen LogP contribution < -0.4 is 10.5 Å². The SMILES string of the molecule is NS(=O)(=O)c1ccc(CCNc2nccc3sccc23)cc1. The van der Waals surface area contributed by atoms with Crippen LogP contribution in [0.3, 0.4) is 0 Å². The van der Waals surface area contributed by atoms with Gasteiger partial charge in [-0.25, -0.2) is 18.5 Å². The average Bonchev–Trinajstić information content (AvgIpc) is 2.96. The predicted octanol–water partition coefficient (Wildman–Crippen LogP) is 2.60. The fourth-order valence-electron chi connectivity index (χ4n) is 2.21. The zero-order valence-corrected chi connectivity index (χ0v) is 13.3. The van der Waals surface area contributed by atoms with Crippen molar-refractivity contribution in [3.63, 3.8) is 0 Å². The minimum atomic E-state index is -3.63. The zero-order chi connectivity index (χ0) is 15.6. The molecule has 0 saturated heterocycles. The molecule has 0 amide bonds. The van der Waals surface area contributed by atoms with E-state index in [1.165, 1.54) is 16.8 Å². The summed E-state index contributed by atoms with van der Waals surface area (Å²) in [7, 11) is -3.63. The summed E-state index contributed by atoms with van der Waals surface area (Å²) in [5.74, 6) is 0.875. The Morgan fingerprint density at radius 3 is 2.64 bits per heavy atom. The Balaban J connectivity index is 1.65. The van der Waals surface area contributed by atoms with Crippen molar-refractivity contribution in [2.75, 3.05) is 11.9 Å². The first-order chi connectivity index (χ1) is 10.5. The number of primary sulfonamides is 1. The Hall–Kier alpha value is -1.96. The van der Waals surface area contributed by atoms with Crippen LogP contribution in [-0.2, 0) is 16.4 Å². The summed E-state index contributed by atoms with van der Waals surface area (Å²) in [6, 6.07) is 10.7. The highest BCUT2D eigenvalue weighted by atomic mass is 32.2. The van der Waals surface area contributed by atoms with Gasteiger partial charge in [-0.05, 0) is 41.6 Å². The number of fused-ring (bicyclic) bond motifs is 1. The molecule has 0 aliphatic carbocycles. The van der Waals surface area contributed by atoms with Gasteiger partial charge in [0.05, 0.1) is 4.90 Å². The molecule has 22 heavy (non-hydrogen) atoms. The smallest absolute Gasteiger partial charge is 0.238 e. The van der Waals surface area contributed by atoms with Gasteiger partial charge in [-0.1, -0.05) is 12.1 Å². The molecule has 0 unspecified atom stereocenters. The van der Waals surface area contributed by atoms with Gasteiger partial charge in [-0.15, -0.1) is 11.3 Å². The molecule has 2 heterocycles. The number of hydrogen-bond acceptors (Lipinski definition) is 5. The van der Waals surface area contributed by atoms with E-state index in [2.05, 4.69) is 16.4 Å². The van der Waals surface area contributed by atoms with Crippen LogP contribution in [0.4, 0.5) is 5.82 Å². The highest BCUT2D eigenvalue weighted by Gasteiger charge is 2.07. The highest BCUT2D eigenvalue weighted by Crippen LogP contribution is 2.25. The van der Waals surface area contributed by atoms with Crippen LogP contribution in [0.2, 0.25) is 0 Å². The molecule has 2 aromatic heterocycles. The van der Waals surface area contributed by atoms with Gasteiger partial charge in [-0.2, -0.15) is 0 Å². The maximum Gasteiger partial charge on any atom is 0.238 e. The van der Waals surface area contributed by atoms with Crippen molar-refractivity contribution in [3.05, 3.63) is 53.5 Å². The average molecular weight is 333 g/mol. The molecule has 0 spiro atoms. The maximum atomic E-state index is 11.2. The third kappa shape index (κ3) is 3.27. The molecule has 0 atom stereocenters. The van der Waals surface area contributed by atoms with E-state index in [0.29, 0.717) is 0 Å². The minimum absolute atomic E-state index is 0.133. The van der Waals surface area contributed by atoms with Crippen molar-refractivity contribution < 1.29 is 8.42 Å². The summed E-state index contributed by atoms with van der Waals surface area (Å²) in [6.07, 6.45) is 2.56. The van der Waals surface area contributed by atoms with Crippen LogP contribution in [0.25, 0.3) is 10.1 Å². The second-order valence-corrected chi connectivity index (χ2v) is 7.37. The number of rotatable bonds is 5. The van der Waals surface area contributed by atoms with Crippen LogP contribution >= 0.6 is 11.3 Å². The van der Waals surface area contributed by atoms with Crippen molar-refractivity contribution in [1.29, 1.82) is 0 Å². The second-order valence-electron chi connectivity index (χ2n) is 4.86. The Labute approximate surface area is 132 Å². The number of nitrogens with two attached hydrogens (primary N) is 1. The van der Waals surface area contributed by atoms with Gasteiger partial charge >= 0.3 is 0 Å². The lowest BCUT2D eigenvalue weighted by Gasteiger charge is -2.07. The summed E-state index contributed by atoms with van der Waals surface area (Å²) in [4.78, 5) is 4.49. The third-order valence-electron chi connectivity index (χ3n) is 3.34. The predicted molar refractivity (Wildman–Crippen MR) is 89.6 cm³/mol. The molecule has 0 radical (unpaired) electrons. The standard InChI is InChI=1S/C15H15N3O2S2/c16-22(19,20)12-3-1-11(2-4-12)5-8-17-15-13-7-10-21-14(13)6-9-18-15/h1-4,6-7,9-10H,5,8H2,(H,17,18)(H2,16,19,20). The summed E-state index contributed by atoms with van der Waals surface area (Å²) in [5, 5.41) is 11.6. The highest BCUT2D eigenvalue weighted by molar-refractivity contribution is 7.89. The van der Waals surface area contributed by atoms with Crippen molar-refractivity contribution >= 4 is 37.3 Å². The normalized spacial score (nSPS) is 11.7. The van der Waals surface area contributed by atoms with E-state index in [1.807, 2.05) is 11.4 Å². The molecule has 3 aromatic rings. The molecule has 3 rings (SSSR count). The molecular formula is C15H15N3O2S2.